The quantitative estimate of drug-likeness (QED) is 0.368. The third kappa shape index (κ3) is 10.4. The highest BCUT2D eigenvalue weighted by Gasteiger charge is 2.12. The summed E-state index contributed by atoms with van der Waals surface area (Å²) in [5.41, 5.74) is 0. The molecule has 0 saturated carbocycles. The standard InChI is InChI=1S/C7H17ClO2Si/c1-11(2,3)10-7-6-9-5-4-8/h4-7H2,1-3H3. The molecule has 0 radical (unpaired) electrons. The predicted molar refractivity (Wildman–Crippen MR) is 50.8 cm³/mol. The van der Waals surface area contributed by atoms with Gasteiger partial charge in [0.2, 0.25) is 0 Å². The second kappa shape index (κ2) is 6.00. The van der Waals surface area contributed by atoms with Gasteiger partial charge in [0.05, 0.1) is 19.8 Å². The van der Waals surface area contributed by atoms with E-state index < -0.39 is 8.32 Å². The van der Waals surface area contributed by atoms with Crippen molar-refractivity contribution in [2.24, 2.45) is 0 Å². The van der Waals surface area contributed by atoms with Gasteiger partial charge in [0.25, 0.3) is 0 Å². The van der Waals surface area contributed by atoms with Crippen molar-refractivity contribution in [1.29, 1.82) is 0 Å². The first-order valence-electron chi connectivity index (χ1n) is 3.84. The van der Waals surface area contributed by atoms with E-state index in [0.29, 0.717) is 25.7 Å². The molecular weight excluding hydrogens is 180 g/mol. The Morgan fingerprint density at radius 3 is 2.18 bits per heavy atom. The lowest BCUT2D eigenvalue weighted by atomic mass is 10.7. The summed E-state index contributed by atoms with van der Waals surface area (Å²) >= 11 is 5.41. The SMILES string of the molecule is C[Si](C)(C)OCCOCCCl. The Kier molecular flexibility index (Phi) is 6.23. The lowest BCUT2D eigenvalue weighted by molar-refractivity contribution is 0.109. The molecule has 0 aliphatic rings. The summed E-state index contributed by atoms with van der Waals surface area (Å²) < 4.78 is 10.7. The van der Waals surface area contributed by atoms with Crippen LogP contribution in [0.25, 0.3) is 0 Å². The number of ether oxygens (including phenoxy) is 1. The Hall–Kier alpha value is 0.427. The monoisotopic (exact) mass is 196 g/mol. The minimum absolute atomic E-state index is 0.562. The molecule has 0 spiro atoms. The minimum atomic E-state index is -1.33. The van der Waals surface area contributed by atoms with Gasteiger partial charge < -0.3 is 9.16 Å². The summed E-state index contributed by atoms with van der Waals surface area (Å²) in [6.07, 6.45) is 0. The zero-order valence-corrected chi connectivity index (χ0v) is 9.28. The van der Waals surface area contributed by atoms with Gasteiger partial charge in [-0.25, -0.2) is 0 Å². The zero-order chi connectivity index (χ0) is 8.74. The van der Waals surface area contributed by atoms with Crippen LogP contribution in [0.15, 0.2) is 0 Å². The topological polar surface area (TPSA) is 18.5 Å². The molecule has 11 heavy (non-hydrogen) atoms. The van der Waals surface area contributed by atoms with Crippen LogP contribution in [0.1, 0.15) is 0 Å². The van der Waals surface area contributed by atoms with Gasteiger partial charge in [-0.1, -0.05) is 0 Å². The van der Waals surface area contributed by atoms with Gasteiger partial charge in [0.15, 0.2) is 8.32 Å². The van der Waals surface area contributed by atoms with Crippen LogP contribution in [0.5, 0.6) is 0 Å². The van der Waals surface area contributed by atoms with Crippen molar-refractivity contribution in [2.45, 2.75) is 19.6 Å². The second-order valence-corrected chi connectivity index (χ2v) is 8.15. The third-order valence-corrected chi connectivity index (χ3v) is 2.21. The summed E-state index contributed by atoms with van der Waals surface area (Å²) in [6.45, 7) is 8.47. The molecule has 0 atom stereocenters. The molecule has 0 aliphatic heterocycles. The highest BCUT2D eigenvalue weighted by molar-refractivity contribution is 6.69. The molecule has 0 aromatic heterocycles. The van der Waals surface area contributed by atoms with E-state index in [1.165, 1.54) is 0 Å². The average Bonchev–Trinajstić information content (AvgIpc) is 1.85. The maximum absolute atomic E-state index is 5.55. The van der Waals surface area contributed by atoms with Crippen molar-refractivity contribution < 1.29 is 9.16 Å². The molecule has 0 aromatic rings. The molecule has 0 rings (SSSR count). The largest absolute Gasteiger partial charge is 0.415 e. The van der Waals surface area contributed by atoms with Crippen molar-refractivity contribution in [1.82, 2.24) is 0 Å². The average molecular weight is 197 g/mol. The van der Waals surface area contributed by atoms with Gasteiger partial charge in [-0.05, 0) is 19.6 Å². The fraction of sp³-hybridized carbons (Fsp3) is 1.00. The highest BCUT2D eigenvalue weighted by Crippen LogP contribution is 2.01. The maximum atomic E-state index is 5.55. The fourth-order valence-electron chi connectivity index (χ4n) is 0.563. The molecule has 0 amide bonds. The van der Waals surface area contributed by atoms with E-state index in [1.54, 1.807) is 0 Å². The van der Waals surface area contributed by atoms with Crippen LogP contribution in [-0.2, 0) is 9.16 Å². The van der Waals surface area contributed by atoms with Crippen LogP contribution >= 0.6 is 11.6 Å². The Morgan fingerprint density at radius 2 is 1.73 bits per heavy atom. The van der Waals surface area contributed by atoms with Crippen LogP contribution in [-0.4, -0.2) is 34.0 Å². The van der Waals surface area contributed by atoms with E-state index in [4.69, 9.17) is 20.8 Å². The lowest BCUT2D eigenvalue weighted by Gasteiger charge is -2.16. The summed E-state index contributed by atoms with van der Waals surface area (Å²) in [5, 5.41) is 0. The van der Waals surface area contributed by atoms with Crippen LogP contribution in [0.3, 0.4) is 0 Å². The number of alkyl halides is 1. The Labute approximate surface area is 75.0 Å². The van der Waals surface area contributed by atoms with Crippen molar-refractivity contribution in [3.8, 4) is 0 Å². The van der Waals surface area contributed by atoms with Crippen molar-refractivity contribution >= 4 is 19.9 Å². The van der Waals surface area contributed by atoms with Crippen molar-refractivity contribution in [2.75, 3.05) is 25.7 Å². The molecule has 0 unspecified atom stereocenters. The van der Waals surface area contributed by atoms with Gasteiger partial charge in [-0.15, -0.1) is 11.6 Å². The summed E-state index contributed by atoms with van der Waals surface area (Å²) in [7, 11) is -1.33. The maximum Gasteiger partial charge on any atom is 0.183 e. The lowest BCUT2D eigenvalue weighted by Crippen LogP contribution is -2.27. The predicted octanol–water partition coefficient (Wildman–Crippen LogP) is 2.09. The van der Waals surface area contributed by atoms with E-state index in [2.05, 4.69) is 19.6 Å². The first-order chi connectivity index (χ1) is 5.06. The van der Waals surface area contributed by atoms with Crippen LogP contribution < -0.4 is 0 Å². The Bertz CT molecular complexity index is 92.9. The van der Waals surface area contributed by atoms with Crippen molar-refractivity contribution in [3.05, 3.63) is 0 Å². The molecule has 0 bridgehead atoms. The number of hydrogen-bond acceptors (Lipinski definition) is 2. The third-order valence-electron chi connectivity index (χ3n) is 0.984. The van der Waals surface area contributed by atoms with Crippen LogP contribution in [0.2, 0.25) is 19.6 Å². The molecule has 0 N–H and O–H groups in total. The van der Waals surface area contributed by atoms with E-state index in [0.717, 1.165) is 0 Å². The van der Waals surface area contributed by atoms with E-state index in [9.17, 15) is 0 Å². The summed E-state index contributed by atoms with van der Waals surface area (Å²) in [6, 6.07) is 0. The molecule has 4 heteroatoms. The van der Waals surface area contributed by atoms with Gasteiger partial charge in [-0.2, -0.15) is 0 Å². The zero-order valence-electron chi connectivity index (χ0n) is 7.52. The molecular formula is C7H17ClO2Si. The van der Waals surface area contributed by atoms with Gasteiger partial charge >= 0.3 is 0 Å². The normalized spacial score (nSPS) is 12.0. The second-order valence-electron chi connectivity index (χ2n) is 3.26. The summed E-state index contributed by atoms with van der Waals surface area (Å²) in [5.74, 6) is 0.562. The first kappa shape index (κ1) is 11.4. The number of halogens is 1. The number of rotatable bonds is 6. The molecule has 0 saturated heterocycles. The van der Waals surface area contributed by atoms with E-state index in [1.807, 2.05) is 0 Å². The van der Waals surface area contributed by atoms with Gasteiger partial charge in [0.1, 0.15) is 0 Å². The molecule has 0 fully saturated rings. The molecule has 68 valence electrons. The van der Waals surface area contributed by atoms with Gasteiger partial charge in [-0.3, -0.25) is 0 Å². The Balaban J connectivity index is 3.02. The van der Waals surface area contributed by atoms with Crippen LogP contribution in [0, 0.1) is 0 Å². The molecule has 2 nitrogen and oxygen atoms in total. The molecule has 0 aromatic carbocycles. The number of hydrogen-bond donors (Lipinski definition) is 0. The first-order valence-corrected chi connectivity index (χ1v) is 7.78. The molecule has 0 heterocycles. The van der Waals surface area contributed by atoms with Gasteiger partial charge in [0, 0.05) is 5.88 Å². The Morgan fingerprint density at radius 1 is 1.09 bits per heavy atom. The van der Waals surface area contributed by atoms with E-state index >= 15 is 0 Å². The fourth-order valence-corrected chi connectivity index (χ4v) is 1.37. The smallest absolute Gasteiger partial charge is 0.183 e. The van der Waals surface area contributed by atoms with E-state index in [-0.39, 0.29) is 0 Å². The van der Waals surface area contributed by atoms with Crippen LogP contribution in [0.4, 0.5) is 0 Å². The highest BCUT2D eigenvalue weighted by atomic mass is 35.5. The van der Waals surface area contributed by atoms with Crippen molar-refractivity contribution in [3.63, 3.8) is 0 Å². The summed E-state index contributed by atoms with van der Waals surface area (Å²) in [4.78, 5) is 0. The molecule has 0 aliphatic carbocycles. The minimum Gasteiger partial charge on any atom is -0.415 e.